The molecule has 0 aromatic carbocycles. The molecular weight excluding hydrogens is 200 g/mol. The van der Waals surface area contributed by atoms with Gasteiger partial charge in [-0.05, 0) is 19.4 Å². The lowest BCUT2D eigenvalue weighted by Crippen LogP contribution is -2.42. The first kappa shape index (κ1) is 11.4. The van der Waals surface area contributed by atoms with Gasteiger partial charge in [-0.2, -0.15) is 0 Å². The van der Waals surface area contributed by atoms with E-state index in [0.29, 0.717) is 0 Å². The first-order chi connectivity index (χ1) is 6.83. The molecule has 0 radical (unpaired) electrons. The average molecular weight is 212 g/mol. The second kappa shape index (κ2) is 3.82. The van der Waals surface area contributed by atoms with Gasteiger partial charge in [0.2, 0.25) is 0 Å². The molecule has 0 spiro atoms. The van der Waals surface area contributed by atoms with Gasteiger partial charge in [0, 0.05) is 12.4 Å². The van der Waals surface area contributed by atoms with E-state index in [9.17, 15) is 14.7 Å². The molecule has 0 aliphatic rings. The van der Waals surface area contributed by atoms with Crippen molar-refractivity contribution in [2.24, 2.45) is 0 Å². The van der Waals surface area contributed by atoms with E-state index in [2.05, 4.69) is 4.98 Å². The van der Waals surface area contributed by atoms with E-state index in [-0.39, 0.29) is 6.54 Å². The molecule has 1 aromatic rings. The summed E-state index contributed by atoms with van der Waals surface area (Å²) in [6.07, 6.45) is 2.83. The van der Waals surface area contributed by atoms with Crippen LogP contribution in [0.15, 0.2) is 17.2 Å². The van der Waals surface area contributed by atoms with Crippen molar-refractivity contribution in [1.29, 1.82) is 0 Å². The molecule has 1 heterocycles. The van der Waals surface area contributed by atoms with Gasteiger partial charge in [0.05, 0.1) is 6.54 Å². The van der Waals surface area contributed by atoms with Crippen LogP contribution in [0.3, 0.4) is 0 Å². The Bertz CT molecular complexity index is 436. The molecule has 15 heavy (non-hydrogen) atoms. The maximum Gasteiger partial charge on any atom is 0.347 e. The lowest BCUT2D eigenvalue weighted by atomic mass is 10.1. The van der Waals surface area contributed by atoms with Crippen molar-refractivity contribution in [3.8, 4) is 0 Å². The van der Waals surface area contributed by atoms with Crippen LogP contribution >= 0.6 is 0 Å². The molecule has 6 nitrogen and oxygen atoms in total. The average Bonchev–Trinajstić information content (AvgIpc) is 2.10. The van der Waals surface area contributed by atoms with Crippen molar-refractivity contribution in [1.82, 2.24) is 9.55 Å². The highest BCUT2D eigenvalue weighted by Gasteiger charge is 2.30. The fraction of sp³-hybridized carbons (Fsp3) is 0.444. The van der Waals surface area contributed by atoms with Crippen molar-refractivity contribution >= 4 is 5.97 Å². The predicted molar refractivity (Wildman–Crippen MR) is 51.5 cm³/mol. The summed E-state index contributed by atoms with van der Waals surface area (Å²) >= 11 is 0. The first-order valence-electron chi connectivity index (χ1n) is 4.32. The molecule has 0 amide bonds. The lowest BCUT2D eigenvalue weighted by Gasteiger charge is -2.18. The number of carboxylic acids is 1. The molecule has 0 aliphatic heterocycles. The Morgan fingerprint density at radius 3 is 2.80 bits per heavy atom. The molecule has 82 valence electrons. The molecule has 2 N–H and O–H groups in total. The summed E-state index contributed by atoms with van der Waals surface area (Å²) in [5, 5.41) is 18.2. The lowest BCUT2D eigenvalue weighted by molar-refractivity contribution is -0.158. The number of aliphatic hydroxyl groups is 1. The van der Waals surface area contributed by atoms with Crippen LogP contribution in [0.25, 0.3) is 0 Å². The molecule has 1 unspecified atom stereocenters. The number of aliphatic carboxylic acids is 1. The minimum atomic E-state index is -1.97. The molecule has 1 rings (SSSR count). The maximum atomic E-state index is 11.2. The maximum absolute atomic E-state index is 11.2. The van der Waals surface area contributed by atoms with E-state index < -0.39 is 17.3 Å². The van der Waals surface area contributed by atoms with Crippen molar-refractivity contribution in [3.05, 3.63) is 28.4 Å². The monoisotopic (exact) mass is 212 g/mol. The third kappa shape index (κ3) is 2.63. The van der Waals surface area contributed by atoms with Crippen LogP contribution in [0.1, 0.15) is 12.5 Å². The van der Waals surface area contributed by atoms with E-state index in [0.717, 1.165) is 17.1 Å². The van der Waals surface area contributed by atoms with Crippen molar-refractivity contribution in [2.45, 2.75) is 26.0 Å². The second-order valence-corrected chi connectivity index (χ2v) is 3.62. The topological polar surface area (TPSA) is 92.4 Å². The summed E-state index contributed by atoms with van der Waals surface area (Å²) in [6.45, 7) is 2.53. The number of hydrogen-bond donors (Lipinski definition) is 2. The van der Waals surface area contributed by atoms with Crippen LogP contribution in [0.2, 0.25) is 0 Å². The molecule has 6 heteroatoms. The Morgan fingerprint density at radius 2 is 2.27 bits per heavy atom. The van der Waals surface area contributed by atoms with Gasteiger partial charge < -0.3 is 10.2 Å². The zero-order valence-electron chi connectivity index (χ0n) is 8.47. The highest BCUT2D eigenvalue weighted by molar-refractivity contribution is 5.76. The highest BCUT2D eigenvalue weighted by atomic mass is 16.4. The number of rotatable bonds is 3. The van der Waals surface area contributed by atoms with Crippen molar-refractivity contribution in [2.75, 3.05) is 0 Å². The molecule has 0 fully saturated rings. The Balaban J connectivity index is 3.04. The van der Waals surface area contributed by atoms with Crippen LogP contribution in [-0.4, -0.2) is 31.3 Å². The van der Waals surface area contributed by atoms with Gasteiger partial charge in [0.15, 0.2) is 5.60 Å². The van der Waals surface area contributed by atoms with E-state index in [1.54, 1.807) is 6.92 Å². The van der Waals surface area contributed by atoms with Crippen LogP contribution in [0, 0.1) is 6.92 Å². The van der Waals surface area contributed by atoms with E-state index in [4.69, 9.17) is 5.11 Å². The van der Waals surface area contributed by atoms with Crippen LogP contribution in [-0.2, 0) is 11.3 Å². The van der Waals surface area contributed by atoms with Gasteiger partial charge in [-0.15, -0.1) is 0 Å². The van der Waals surface area contributed by atoms with Gasteiger partial charge >= 0.3 is 11.7 Å². The quantitative estimate of drug-likeness (QED) is 0.697. The van der Waals surface area contributed by atoms with Gasteiger partial charge in [-0.25, -0.2) is 14.6 Å². The Labute approximate surface area is 85.8 Å². The minimum Gasteiger partial charge on any atom is -0.479 e. The van der Waals surface area contributed by atoms with Crippen molar-refractivity contribution < 1.29 is 15.0 Å². The summed E-state index contributed by atoms with van der Waals surface area (Å²) in [6, 6.07) is 0. The van der Waals surface area contributed by atoms with E-state index in [1.807, 2.05) is 0 Å². The molecule has 0 aliphatic carbocycles. The van der Waals surface area contributed by atoms with E-state index in [1.165, 1.54) is 12.4 Å². The summed E-state index contributed by atoms with van der Waals surface area (Å²) in [5.74, 6) is -1.38. The third-order valence-corrected chi connectivity index (χ3v) is 1.92. The molecule has 1 aromatic heterocycles. The number of aromatic nitrogens is 2. The van der Waals surface area contributed by atoms with Gasteiger partial charge in [0.1, 0.15) is 0 Å². The molecule has 0 saturated heterocycles. The fourth-order valence-corrected chi connectivity index (χ4v) is 1.08. The summed E-state index contributed by atoms with van der Waals surface area (Å²) in [4.78, 5) is 25.4. The van der Waals surface area contributed by atoms with E-state index >= 15 is 0 Å². The minimum absolute atomic E-state index is 0.324. The Hall–Kier alpha value is -1.69. The third-order valence-electron chi connectivity index (χ3n) is 1.92. The first-order valence-corrected chi connectivity index (χ1v) is 4.32. The van der Waals surface area contributed by atoms with Crippen molar-refractivity contribution in [3.63, 3.8) is 0 Å². The number of carboxylic acid groups (broad SMARTS) is 1. The summed E-state index contributed by atoms with van der Waals surface area (Å²) < 4.78 is 1.07. The molecular formula is C9H12N2O4. The zero-order valence-corrected chi connectivity index (χ0v) is 8.47. The molecule has 0 saturated carbocycles. The fourth-order valence-electron chi connectivity index (χ4n) is 1.08. The number of aryl methyl sites for hydroxylation is 1. The molecule has 0 bridgehead atoms. The van der Waals surface area contributed by atoms with Crippen LogP contribution < -0.4 is 5.69 Å². The number of nitrogens with zero attached hydrogens (tertiary/aromatic N) is 2. The zero-order chi connectivity index (χ0) is 11.6. The largest absolute Gasteiger partial charge is 0.479 e. The summed E-state index contributed by atoms with van der Waals surface area (Å²) in [5.41, 5.74) is -1.84. The van der Waals surface area contributed by atoms with Crippen LogP contribution in [0.4, 0.5) is 0 Å². The Morgan fingerprint density at radius 1 is 1.67 bits per heavy atom. The second-order valence-electron chi connectivity index (χ2n) is 3.62. The summed E-state index contributed by atoms with van der Waals surface area (Å²) in [7, 11) is 0. The smallest absolute Gasteiger partial charge is 0.347 e. The SMILES string of the molecule is Cc1cnc(=O)n(CC(C)(O)C(=O)O)c1. The molecule has 1 atom stereocenters. The van der Waals surface area contributed by atoms with Gasteiger partial charge in [-0.1, -0.05) is 0 Å². The van der Waals surface area contributed by atoms with Gasteiger partial charge in [-0.3, -0.25) is 4.57 Å². The van der Waals surface area contributed by atoms with Gasteiger partial charge in [0.25, 0.3) is 0 Å². The number of carbonyl (C=O) groups is 1. The number of hydrogen-bond acceptors (Lipinski definition) is 4. The van der Waals surface area contributed by atoms with Crippen LogP contribution in [0.5, 0.6) is 0 Å². The standard InChI is InChI=1S/C9H12N2O4/c1-6-3-10-8(14)11(4-6)5-9(2,15)7(12)13/h3-4,15H,5H2,1-2H3,(H,12,13). The predicted octanol–water partition coefficient (Wildman–Crippen LogP) is -0.613. The Kier molecular flexibility index (Phi) is 2.90. The highest BCUT2D eigenvalue weighted by Crippen LogP contribution is 2.06. The normalized spacial score (nSPS) is 14.6.